The molecular formula is CH3N2O4S-. The molecule has 0 aromatic rings. The van der Waals surface area contributed by atoms with Gasteiger partial charge in [-0.2, -0.15) is 0 Å². The Morgan fingerprint density at radius 3 is 2.25 bits per heavy atom. The van der Waals surface area contributed by atoms with Gasteiger partial charge in [-0.25, -0.2) is 9.00 Å². The van der Waals surface area contributed by atoms with Crippen molar-refractivity contribution in [2.45, 2.75) is 0 Å². The van der Waals surface area contributed by atoms with Gasteiger partial charge in [0.25, 0.3) is 0 Å². The van der Waals surface area contributed by atoms with Crippen LogP contribution in [-0.4, -0.2) is 24.5 Å². The molecule has 1 atom stereocenters. The maximum atomic E-state index is 9.65. The van der Waals surface area contributed by atoms with E-state index < -0.39 is 21.8 Å². The molecule has 0 saturated heterocycles. The summed E-state index contributed by atoms with van der Waals surface area (Å²) in [6, 6.07) is -1.43. The largest absolute Gasteiger partial charge is 0.753 e. The molecule has 0 bridgehead atoms. The highest BCUT2D eigenvalue weighted by atomic mass is 32.2. The second kappa shape index (κ2) is 2.60. The number of rotatable bonds is 1. The molecule has 0 aromatic carbocycles. The van der Waals surface area contributed by atoms with E-state index in [1.165, 1.54) is 0 Å². The molecule has 3 N–H and O–H groups in total. The molecule has 0 aromatic heterocycles. The van der Waals surface area contributed by atoms with Crippen molar-refractivity contribution in [1.29, 1.82) is 0 Å². The van der Waals surface area contributed by atoms with Gasteiger partial charge in [0.15, 0.2) is 0 Å². The van der Waals surface area contributed by atoms with Crippen molar-refractivity contribution in [3.8, 4) is 0 Å². The number of urea groups is 1. The minimum atomic E-state index is -2.98. The summed E-state index contributed by atoms with van der Waals surface area (Å²) in [7, 11) is 0. The van der Waals surface area contributed by atoms with E-state index in [1.807, 2.05) is 0 Å². The Bertz CT molecular complexity index is 109. The molecular weight excluding hydrogens is 136 g/mol. The standard InChI is InChI=1S/CH4N2O4S/c2-1(4)3(5)8(6)7/h5H,(H2,2,4)(H,6,7)/p-1. The zero-order valence-electron chi connectivity index (χ0n) is 3.60. The lowest BCUT2D eigenvalue weighted by Gasteiger charge is -2.12. The van der Waals surface area contributed by atoms with Crippen LogP contribution in [0.4, 0.5) is 4.79 Å². The number of amides is 2. The van der Waals surface area contributed by atoms with Crippen LogP contribution in [0.3, 0.4) is 0 Å². The van der Waals surface area contributed by atoms with E-state index in [2.05, 4.69) is 5.73 Å². The predicted octanol–water partition coefficient (Wildman–Crippen LogP) is -1.45. The summed E-state index contributed by atoms with van der Waals surface area (Å²) in [6.45, 7) is 0. The molecule has 7 heteroatoms. The van der Waals surface area contributed by atoms with Crippen LogP contribution in [0.15, 0.2) is 0 Å². The zero-order valence-corrected chi connectivity index (χ0v) is 4.42. The summed E-state index contributed by atoms with van der Waals surface area (Å²) in [4.78, 5) is 9.65. The number of hydrogen-bond donors (Lipinski definition) is 2. The fraction of sp³-hybridized carbons (Fsp3) is 0. The van der Waals surface area contributed by atoms with Gasteiger partial charge in [-0.1, -0.05) is 0 Å². The van der Waals surface area contributed by atoms with Gasteiger partial charge in [-0.05, 0) is 0 Å². The number of nitrogens with two attached hydrogens (primary N) is 1. The van der Waals surface area contributed by atoms with E-state index in [0.717, 1.165) is 0 Å². The summed E-state index contributed by atoms with van der Waals surface area (Å²) in [6.07, 6.45) is 0. The molecule has 0 aliphatic heterocycles. The fourth-order valence-corrected chi connectivity index (χ4v) is 0.220. The van der Waals surface area contributed by atoms with Crippen LogP contribution in [-0.2, 0) is 11.3 Å². The molecule has 0 saturated carbocycles. The lowest BCUT2D eigenvalue weighted by atomic mass is 11.2. The summed E-state index contributed by atoms with van der Waals surface area (Å²) < 4.78 is 18.4. The van der Waals surface area contributed by atoms with E-state index >= 15 is 0 Å². The molecule has 8 heavy (non-hydrogen) atoms. The van der Waals surface area contributed by atoms with Crippen molar-refractivity contribution < 1.29 is 18.8 Å². The topological polar surface area (TPSA) is 107 Å². The summed E-state index contributed by atoms with van der Waals surface area (Å²) in [5.41, 5.74) is 4.28. The first-order valence-corrected chi connectivity index (χ1v) is 2.46. The van der Waals surface area contributed by atoms with E-state index in [-0.39, 0.29) is 0 Å². The van der Waals surface area contributed by atoms with Gasteiger partial charge >= 0.3 is 6.03 Å². The van der Waals surface area contributed by atoms with Gasteiger partial charge in [0.05, 0.1) is 11.3 Å². The number of carbonyl (C=O) groups excluding carboxylic acids is 1. The van der Waals surface area contributed by atoms with Gasteiger partial charge < -0.3 is 10.3 Å². The van der Waals surface area contributed by atoms with Crippen molar-refractivity contribution in [1.82, 2.24) is 4.47 Å². The highest BCUT2D eigenvalue weighted by Crippen LogP contribution is 1.81. The van der Waals surface area contributed by atoms with Crippen LogP contribution < -0.4 is 5.73 Å². The Labute approximate surface area is 47.3 Å². The second-order valence-corrected chi connectivity index (χ2v) is 1.61. The van der Waals surface area contributed by atoms with Gasteiger partial charge in [0.1, 0.15) is 0 Å². The highest BCUT2D eigenvalue weighted by molar-refractivity contribution is 7.77. The third-order valence-electron chi connectivity index (χ3n) is 0.330. The number of hydroxylamine groups is 1. The third-order valence-corrected chi connectivity index (χ3v) is 0.792. The van der Waals surface area contributed by atoms with Gasteiger partial charge in [-0.15, -0.1) is 4.47 Å². The highest BCUT2D eigenvalue weighted by Gasteiger charge is 2.02. The molecule has 48 valence electrons. The van der Waals surface area contributed by atoms with Crippen LogP contribution in [0.25, 0.3) is 0 Å². The molecule has 6 nitrogen and oxygen atoms in total. The van der Waals surface area contributed by atoms with E-state index in [9.17, 15) is 13.6 Å². The SMILES string of the molecule is NC(=O)N(O)S(=O)[O-]. The average molecular weight is 139 g/mol. The number of hydrogen-bond acceptors (Lipinski definition) is 4. The number of nitrogens with zero attached hydrogens (tertiary/aromatic N) is 1. The van der Waals surface area contributed by atoms with E-state index in [0.29, 0.717) is 0 Å². The van der Waals surface area contributed by atoms with Crippen LogP contribution >= 0.6 is 0 Å². The molecule has 0 radical (unpaired) electrons. The lowest BCUT2D eigenvalue weighted by molar-refractivity contribution is 0.0433. The first kappa shape index (κ1) is 7.34. The van der Waals surface area contributed by atoms with Gasteiger partial charge in [0, 0.05) is 0 Å². The molecule has 0 spiro atoms. The minimum Gasteiger partial charge on any atom is -0.753 e. The third kappa shape index (κ3) is 1.87. The van der Waals surface area contributed by atoms with Crippen LogP contribution in [0.1, 0.15) is 0 Å². The smallest absolute Gasteiger partial charge is 0.350 e. The molecule has 0 rings (SSSR count). The Morgan fingerprint density at radius 1 is 1.88 bits per heavy atom. The first-order chi connectivity index (χ1) is 3.55. The van der Waals surface area contributed by atoms with Crippen LogP contribution in [0, 0.1) is 0 Å². The maximum absolute atomic E-state index is 9.65. The normalized spacial score (nSPS) is 12.8. The minimum absolute atomic E-state index is 0.611. The summed E-state index contributed by atoms with van der Waals surface area (Å²) >= 11 is -2.98. The molecule has 0 fully saturated rings. The molecule has 2 amide bonds. The lowest BCUT2D eigenvalue weighted by Crippen LogP contribution is -2.33. The Morgan fingerprint density at radius 2 is 2.25 bits per heavy atom. The Kier molecular flexibility index (Phi) is 2.38. The summed E-state index contributed by atoms with van der Waals surface area (Å²) in [5.74, 6) is 0. The number of primary amides is 1. The summed E-state index contributed by atoms with van der Waals surface area (Å²) in [5, 5.41) is 7.95. The zero-order chi connectivity index (χ0) is 6.73. The van der Waals surface area contributed by atoms with Crippen molar-refractivity contribution in [2.75, 3.05) is 0 Å². The van der Waals surface area contributed by atoms with Crippen molar-refractivity contribution >= 4 is 17.3 Å². The van der Waals surface area contributed by atoms with Crippen molar-refractivity contribution in [3.63, 3.8) is 0 Å². The van der Waals surface area contributed by atoms with E-state index in [4.69, 9.17) is 5.21 Å². The van der Waals surface area contributed by atoms with Gasteiger partial charge in [0.2, 0.25) is 0 Å². The Balaban J connectivity index is 3.83. The van der Waals surface area contributed by atoms with E-state index in [1.54, 1.807) is 0 Å². The molecule has 0 heterocycles. The van der Waals surface area contributed by atoms with Crippen LogP contribution in [0.2, 0.25) is 0 Å². The fourth-order valence-electron chi connectivity index (χ4n) is 0.0735. The van der Waals surface area contributed by atoms with Crippen LogP contribution in [0.5, 0.6) is 0 Å². The molecule has 1 unspecified atom stereocenters. The second-order valence-electron chi connectivity index (χ2n) is 0.828. The van der Waals surface area contributed by atoms with Crippen molar-refractivity contribution in [2.24, 2.45) is 5.73 Å². The number of carbonyl (C=O) groups is 1. The maximum Gasteiger partial charge on any atom is 0.350 e. The molecule has 0 aliphatic carbocycles. The molecule has 0 aliphatic rings. The van der Waals surface area contributed by atoms with Crippen molar-refractivity contribution in [3.05, 3.63) is 0 Å². The quantitative estimate of drug-likeness (QED) is 0.263. The average Bonchev–Trinajstić information content (AvgIpc) is 1.64. The monoisotopic (exact) mass is 139 g/mol. The Hall–Kier alpha value is -0.660. The van der Waals surface area contributed by atoms with Gasteiger partial charge in [-0.3, -0.25) is 5.21 Å². The first-order valence-electron chi connectivity index (χ1n) is 1.43. The predicted molar refractivity (Wildman–Crippen MR) is 22.1 cm³/mol.